The highest BCUT2D eigenvalue weighted by atomic mass is 32.2. The Balaban J connectivity index is 1.99. The Morgan fingerprint density at radius 1 is 1.26 bits per heavy atom. The van der Waals surface area contributed by atoms with Gasteiger partial charge >= 0.3 is 5.97 Å². The van der Waals surface area contributed by atoms with Gasteiger partial charge in [0.15, 0.2) is 4.80 Å². The number of hydrogen-bond acceptors (Lipinski definition) is 8. The number of aromatic nitrogens is 1. The number of hydrogen-bond donors (Lipinski definition) is 1. The molecule has 3 aromatic rings. The number of benzene rings is 2. The van der Waals surface area contributed by atoms with Crippen LogP contribution >= 0.6 is 11.3 Å². The minimum Gasteiger partial charge on any atom is -0.466 e. The van der Waals surface area contributed by atoms with Gasteiger partial charge in [-0.2, -0.15) is 4.99 Å². The molecule has 1 amide bonds. The standard InChI is InChI=1S/C21H20N4O7S2/c1-2-32-20(27)10-11-24-17-8-7-16(34(22,30)31)13-18(17)33-21(24)23-19(26)9-6-14-4-3-5-15(12-14)25(28)29/h3-9,12-13H,2,10-11H2,1H3,(H2,22,30,31)/b9-6+,23-21?. The first-order valence-corrected chi connectivity index (χ1v) is 12.3. The van der Waals surface area contributed by atoms with Crippen LogP contribution in [0.25, 0.3) is 16.3 Å². The summed E-state index contributed by atoms with van der Waals surface area (Å²) in [6.07, 6.45) is 2.57. The third-order valence-corrected chi connectivity index (χ3v) is 6.48. The van der Waals surface area contributed by atoms with E-state index in [0.29, 0.717) is 15.8 Å². The number of carbonyl (C=O) groups excluding carboxylic acids is 2. The average molecular weight is 505 g/mol. The summed E-state index contributed by atoms with van der Waals surface area (Å²) in [7, 11) is -3.94. The number of primary sulfonamides is 1. The summed E-state index contributed by atoms with van der Waals surface area (Å²) in [4.78, 5) is 38.9. The molecule has 0 unspecified atom stereocenters. The third-order valence-electron chi connectivity index (χ3n) is 4.53. The van der Waals surface area contributed by atoms with Gasteiger partial charge in [0, 0.05) is 24.8 Å². The van der Waals surface area contributed by atoms with E-state index in [1.807, 2.05) is 0 Å². The molecule has 0 aliphatic heterocycles. The minimum absolute atomic E-state index is 0.0154. The van der Waals surface area contributed by atoms with Crippen LogP contribution in [0.2, 0.25) is 0 Å². The molecule has 2 N–H and O–H groups in total. The third kappa shape index (κ3) is 6.21. The number of aryl methyl sites for hydroxylation is 1. The predicted molar refractivity (Wildman–Crippen MR) is 125 cm³/mol. The minimum atomic E-state index is -3.94. The molecule has 3 rings (SSSR count). The second-order valence-electron chi connectivity index (χ2n) is 6.90. The summed E-state index contributed by atoms with van der Waals surface area (Å²) < 4.78 is 30.5. The number of carbonyl (C=O) groups is 2. The van der Waals surface area contributed by atoms with E-state index in [1.165, 1.54) is 42.5 Å². The van der Waals surface area contributed by atoms with E-state index in [1.54, 1.807) is 17.6 Å². The Morgan fingerprint density at radius 2 is 2.03 bits per heavy atom. The molecule has 0 fully saturated rings. The summed E-state index contributed by atoms with van der Waals surface area (Å²) >= 11 is 1.06. The molecule has 0 aliphatic rings. The fourth-order valence-corrected chi connectivity index (χ4v) is 4.72. The molecule has 13 heteroatoms. The van der Waals surface area contributed by atoms with Crippen LogP contribution in [0.3, 0.4) is 0 Å². The predicted octanol–water partition coefficient (Wildman–Crippen LogP) is 2.35. The Bertz CT molecular complexity index is 1470. The van der Waals surface area contributed by atoms with Gasteiger partial charge in [0.2, 0.25) is 10.0 Å². The van der Waals surface area contributed by atoms with Gasteiger partial charge < -0.3 is 9.30 Å². The zero-order valence-electron chi connectivity index (χ0n) is 17.9. The van der Waals surface area contributed by atoms with Gasteiger partial charge in [-0.05, 0) is 36.8 Å². The molecule has 0 spiro atoms. The van der Waals surface area contributed by atoms with E-state index >= 15 is 0 Å². The summed E-state index contributed by atoms with van der Waals surface area (Å²) in [5.74, 6) is -1.08. The summed E-state index contributed by atoms with van der Waals surface area (Å²) in [6.45, 7) is 2.06. The highest BCUT2D eigenvalue weighted by Gasteiger charge is 2.14. The number of esters is 1. The fourth-order valence-electron chi connectivity index (χ4n) is 3.01. The molecule has 0 bridgehead atoms. The molecule has 2 aromatic carbocycles. The van der Waals surface area contributed by atoms with Gasteiger partial charge in [0.1, 0.15) is 0 Å². The number of nitro benzene ring substituents is 1. The largest absolute Gasteiger partial charge is 0.466 e. The molecular weight excluding hydrogens is 484 g/mol. The van der Waals surface area contributed by atoms with E-state index in [-0.39, 0.29) is 35.0 Å². The lowest BCUT2D eigenvalue weighted by Crippen LogP contribution is -2.19. The van der Waals surface area contributed by atoms with E-state index in [4.69, 9.17) is 9.88 Å². The second-order valence-corrected chi connectivity index (χ2v) is 9.47. The van der Waals surface area contributed by atoms with Crippen molar-refractivity contribution in [1.29, 1.82) is 0 Å². The van der Waals surface area contributed by atoms with E-state index in [0.717, 1.165) is 17.4 Å². The first kappa shape index (κ1) is 25.0. The van der Waals surface area contributed by atoms with Crippen LogP contribution in [0.4, 0.5) is 5.69 Å². The number of non-ortho nitro benzene ring substituents is 1. The van der Waals surface area contributed by atoms with Crippen molar-refractivity contribution in [1.82, 2.24) is 4.57 Å². The molecule has 0 saturated heterocycles. The Hall–Kier alpha value is -3.68. The lowest BCUT2D eigenvalue weighted by molar-refractivity contribution is -0.384. The molecule has 0 radical (unpaired) electrons. The van der Waals surface area contributed by atoms with Gasteiger partial charge in [0.25, 0.3) is 11.6 Å². The lowest BCUT2D eigenvalue weighted by Gasteiger charge is -2.05. The van der Waals surface area contributed by atoms with Crippen LogP contribution < -0.4 is 9.94 Å². The van der Waals surface area contributed by atoms with Gasteiger partial charge in [-0.25, -0.2) is 13.6 Å². The maximum Gasteiger partial charge on any atom is 0.307 e. The Labute approximate surface area is 198 Å². The van der Waals surface area contributed by atoms with Crippen molar-refractivity contribution in [2.75, 3.05) is 6.61 Å². The summed E-state index contributed by atoms with van der Waals surface area (Å²) in [5, 5.41) is 16.1. The smallest absolute Gasteiger partial charge is 0.307 e. The van der Waals surface area contributed by atoms with Gasteiger partial charge in [-0.1, -0.05) is 23.5 Å². The number of nitrogens with zero attached hydrogens (tertiary/aromatic N) is 3. The number of nitrogens with two attached hydrogens (primary N) is 1. The molecule has 0 aliphatic carbocycles. The van der Waals surface area contributed by atoms with Gasteiger partial charge in [-0.15, -0.1) is 0 Å². The van der Waals surface area contributed by atoms with Crippen LogP contribution in [-0.2, 0) is 30.9 Å². The SMILES string of the molecule is CCOC(=O)CCn1c(=NC(=O)/C=C/c2cccc([N+](=O)[O-])c2)sc2cc(S(N)(=O)=O)ccc21. The number of thiazole rings is 1. The average Bonchev–Trinajstić information content (AvgIpc) is 3.12. The van der Waals surface area contributed by atoms with Crippen molar-refractivity contribution < 1.29 is 27.7 Å². The molecule has 34 heavy (non-hydrogen) atoms. The van der Waals surface area contributed by atoms with Crippen LogP contribution in [0.15, 0.2) is 58.4 Å². The van der Waals surface area contributed by atoms with E-state index < -0.39 is 26.8 Å². The molecular formula is C21H20N4O7S2. The van der Waals surface area contributed by atoms with E-state index in [9.17, 15) is 28.1 Å². The first-order valence-electron chi connectivity index (χ1n) is 9.91. The number of amides is 1. The van der Waals surface area contributed by atoms with Crippen molar-refractivity contribution >= 4 is 55.2 Å². The fraction of sp³-hybridized carbons (Fsp3) is 0.190. The number of rotatable bonds is 8. The van der Waals surface area contributed by atoms with Crippen molar-refractivity contribution in [2.24, 2.45) is 10.1 Å². The monoisotopic (exact) mass is 504 g/mol. The number of ether oxygens (including phenoxy) is 1. The Morgan fingerprint density at radius 3 is 2.71 bits per heavy atom. The van der Waals surface area contributed by atoms with Gasteiger partial charge in [0.05, 0.1) is 33.1 Å². The molecule has 1 aromatic heterocycles. The molecule has 0 atom stereocenters. The number of nitro groups is 1. The first-order chi connectivity index (χ1) is 16.1. The normalized spacial score (nSPS) is 12.4. The molecule has 0 saturated carbocycles. The van der Waals surface area contributed by atoms with Crippen LogP contribution in [-0.4, -0.2) is 36.4 Å². The highest BCUT2D eigenvalue weighted by Crippen LogP contribution is 2.22. The zero-order chi connectivity index (χ0) is 24.9. The zero-order valence-corrected chi connectivity index (χ0v) is 19.5. The van der Waals surface area contributed by atoms with Crippen LogP contribution in [0.1, 0.15) is 18.9 Å². The summed E-state index contributed by atoms with van der Waals surface area (Å²) in [5.41, 5.74) is 0.900. The topological polar surface area (TPSA) is 164 Å². The number of sulfonamides is 1. The maximum atomic E-state index is 12.5. The maximum absolute atomic E-state index is 12.5. The molecule has 178 valence electrons. The summed E-state index contributed by atoms with van der Waals surface area (Å²) in [6, 6.07) is 9.99. The van der Waals surface area contributed by atoms with Crippen LogP contribution in [0.5, 0.6) is 0 Å². The second kappa shape index (κ2) is 10.5. The van der Waals surface area contributed by atoms with Gasteiger partial charge in [-0.3, -0.25) is 19.7 Å². The van der Waals surface area contributed by atoms with E-state index in [2.05, 4.69) is 4.99 Å². The van der Waals surface area contributed by atoms with Crippen molar-refractivity contribution in [3.05, 3.63) is 69.0 Å². The highest BCUT2D eigenvalue weighted by molar-refractivity contribution is 7.89. The molecule has 11 nitrogen and oxygen atoms in total. The van der Waals surface area contributed by atoms with Crippen LogP contribution in [0, 0.1) is 10.1 Å². The van der Waals surface area contributed by atoms with Crippen molar-refractivity contribution in [2.45, 2.75) is 24.8 Å². The van der Waals surface area contributed by atoms with Crippen molar-refractivity contribution in [3.63, 3.8) is 0 Å². The molecule has 1 heterocycles. The van der Waals surface area contributed by atoms with Crippen molar-refractivity contribution in [3.8, 4) is 0 Å². The number of fused-ring (bicyclic) bond motifs is 1. The quantitative estimate of drug-likeness (QED) is 0.213. The lowest BCUT2D eigenvalue weighted by atomic mass is 10.2. The Kier molecular flexibility index (Phi) is 7.71.